The summed E-state index contributed by atoms with van der Waals surface area (Å²) in [5, 5.41) is 19.4. The molecule has 3 aromatic rings. The van der Waals surface area contributed by atoms with Crippen molar-refractivity contribution in [3.63, 3.8) is 0 Å². The summed E-state index contributed by atoms with van der Waals surface area (Å²) in [5.74, 6) is -0.490. The number of amides is 1. The molecule has 1 aromatic heterocycles. The molecule has 4 rings (SSSR count). The van der Waals surface area contributed by atoms with Gasteiger partial charge < -0.3 is 19.3 Å². The van der Waals surface area contributed by atoms with Crippen LogP contribution in [0.4, 0.5) is 9.18 Å². The van der Waals surface area contributed by atoms with E-state index < -0.39 is 29.3 Å². The van der Waals surface area contributed by atoms with Crippen LogP contribution in [-0.4, -0.2) is 56.9 Å². The van der Waals surface area contributed by atoms with Gasteiger partial charge in [-0.25, -0.2) is 9.18 Å². The Morgan fingerprint density at radius 2 is 1.97 bits per heavy atom. The van der Waals surface area contributed by atoms with Crippen LogP contribution in [0, 0.1) is 12.7 Å². The summed E-state index contributed by atoms with van der Waals surface area (Å²) in [6.07, 6.45) is -0.534. The molecule has 0 bridgehead atoms. The Morgan fingerprint density at radius 3 is 2.65 bits per heavy atom. The minimum absolute atomic E-state index is 0.0154. The second kappa shape index (κ2) is 10.1. The number of rotatable bonds is 5. The van der Waals surface area contributed by atoms with Gasteiger partial charge in [0.1, 0.15) is 33.7 Å². The molecule has 1 saturated heterocycles. The Hall–Kier alpha value is -2.95. The van der Waals surface area contributed by atoms with Gasteiger partial charge in [0.2, 0.25) is 0 Å². The van der Waals surface area contributed by atoms with Crippen molar-refractivity contribution in [1.82, 2.24) is 15.1 Å². The monoisotopic (exact) mass is 549 g/mol. The van der Waals surface area contributed by atoms with Gasteiger partial charge in [0.15, 0.2) is 11.6 Å². The molecule has 1 aliphatic heterocycles. The molecule has 8 nitrogen and oxygen atoms in total. The minimum atomic E-state index is -0.901. The quantitative estimate of drug-likeness (QED) is 0.392. The van der Waals surface area contributed by atoms with Crippen molar-refractivity contribution in [1.29, 1.82) is 0 Å². The van der Waals surface area contributed by atoms with E-state index in [2.05, 4.69) is 10.2 Å². The van der Waals surface area contributed by atoms with Crippen molar-refractivity contribution < 1.29 is 28.5 Å². The number of carbonyl (C=O) groups excluding carboxylic acids is 1. The fraction of sp³-hybridized carbons (Fsp3) is 0.423. The van der Waals surface area contributed by atoms with Crippen molar-refractivity contribution in [2.75, 3.05) is 13.2 Å². The number of aromatic nitrogens is 2. The summed E-state index contributed by atoms with van der Waals surface area (Å²) in [6.45, 7) is 10.9. The number of carbonyl (C=O) groups is 1. The first-order chi connectivity index (χ1) is 17.2. The third-order valence-corrected chi connectivity index (χ3v) is 7.03. The molecule has 0 saturated carbocycles. The minimum Gasteiger partial charge on any atom is -0.508 e. The number of phenols is 1. The molecule has 37 heavy (non-hydrogen) atoms. The van der Waals surface area contributed by atoms with Crippen molar-refractivity contribution in [3.8, 4) is 32.6 Å². The van der Waals surface area contributed by atoms with Crippen LogP contribution in [-0.2, 0) is 9.47 Å². The molecule has 1 N–H and O–H groups in total. The number of halogens is 2. The van der Waals surface area contributed by atoms with Gasteiger partial charge in [-0.15, -0.1) is 10.2 Å². The molecule has 198 valence electrons. The number of nitrogens with zero attached hydrogens (tertiary/aromatic N) is 3. The summed E-state index contributed by atoms with van der Waals surface area (Å²) in [5.41, 5.74) is 0.295. The van der Waals surface area contributed by atoms with Crippen LogP contribution >= 0.6 is 22.9 Å². The van der Waals surface area contributed by atoms with Crippen LogP contribution in [0.3, 0.4) is 0 Å². The first kappa shape index (κ1) is 27.1. The number of ether oxygens (including phenoxy) is 3. The third kappa shape index (κ3) is 5.97. The predicted molar refractivity (Wildman–Crippen MR) is 140 cm³/mol. The molecule has 2 heterocycles. The largest absolute Gasteiger partial charge is 0.508 e. The van der Waals surface area contributed by atoms with Gasteiger partial charge in [-0.2, -0.15) is 0 Å². The Morgan fingerprint density at radius 1 is 1.27 bits per heavy atom. The number of aryl methyl sites for hydroxylation is 1. The highest BCUT2D eigenvalue weighted by molar-refractivity contribution is 7.18. The lowest BCUT2D eigenvalue weighted by molar-refractivity contribution is -0.0637. The van der Waals surface area contributed by atoms with Gasteiger partial charge in [0, 0.05) is 17.2 Å². The van der Waals surface area contributed by atoms with Gasteiger partial charge in [0.05, 0.1) is 17.7 Å². The highest BCUT2D eigenvalue weighted by Gasteiger charge is 2.46. The molecule has 2 aromatic carbocycles. The molecule has 1 atom stereocenters. The highest BCUT2D eigenvalue weighted by Crippen LogP contribution is 2.38. The van der Waals surface area contributed by atoms with Crippen molar-refractivity contribution in [2.24, 2.45) is 0 Å². The molecular formula is C26H29ClFN3O5S. The summed E-state index contributed by atoms with van der Waals surface area (Å²) in [4.78, 5) is 14.3. The molecule has 0 aliphatic carbocycles. The molecule has 1 aliphatic rings. The van der Waals surface area contributed by atoms with Gasteiger partial charge in [-0.05, 0) is 71.4 Å². The van der Waals surface area contributed by atoms with E-state index in [4.69, 9.17) is 25.8 Å². The summed E-state index contributed by atoms with van der Waals surface area (Å²) >= 11 is 7.73. The zero-order chi connectivity index (χ0) is 27.1. The van der Waals surface area contributed by atoms with Crippen LogP contribution in [0.1, 0.15) is 40.2 Å². The van der Waals surface area contributed by atoms with E-state index in [9.17, 15) is 9.90 Å². The summed E-state index contributed by atoms with van der Waals surface area (Å²) in [6, 6.07) is 7.28. The number of hydrogen-bond donors (Lipinski definition) is 1. The smallest absolute Gasteiger partial charge is 0.413 e. The maximum atomic E-state index is 15.1. The van der Waals surface area contributed by atoms with Crippen molar-refractivity contribution in [2.45, 2.75) is 58.9 Å². The van der Waals surface area contributed by atoms with Crippen LogP contribution in [0.15, 0.2) is 30.3 Å². The van der Waals surface area contributed by atoms with E-state index in [1.165, 1.54) is 28.4 Å². The van der Waals surface area contributed by atoms with Crippen molar-refractivity contribution in [3.05, 3.63) is 46.7 Å². The molecule has 0 radical (unpaired) electrons. The lowest BCUT2D eigenvalue weighted by Crippen LogP contribution is -2.51. The summed E-state index contributed by atoms with van der Waals surface area (Å²) in [7, 11) is 0. The Bertz CT molecular complexity index is 1320. The molecule has 1 amide bonds. The summed E-state index contributed by atoms with van der Waals surface area (Å²) < 4.78 is 32.1. The predicted octanol–water partition coefficient (Wildman–Crippen LogP) is 6.43. The molecule has 11 heteroatoms. The average Bonchev–Trinajstić information content (AvgIpc) is 3.39. The van der Waals surface area contributed by atoms with E-state index in [0.29, 0.717) is 21.1 Å². The first-order valence-electron chi connectivity index (χ1n) is 11.7. The second-order valence-corrected chi connectivity index (χ2v) is 11.6. The normalized spacial score (nSPS) is 17.2. The molecule has 0 spiro atoms. The van der Waals surface area contributed by atoms with Crippen LogP contribution in [0.2, 0.25) is 5.02 Å². The Balaban J connectivity index is 1.50. The number of aromatic hydroxyl groups is 1. The standard InChI is InChI=1S/C26H29ClFN3O5S/c1-14-9-15(7-8-20(14)32)22-29-30-23(37-22)17-10-19(28)21(11-18(17)27)34-12-16-13-35-26(5,6)31(16)24(33)36-25(2,3)4/h7-11,16,32H,12-13H2,1-6H3/t16-/m0/s1. The average molecular weight is 550 g/mol. The van der Waals surface area contributed by atoms with Crippen LogP contribution in [0.25, 0.3) is 21.1 Å². The zero-order valence-corrected chi connectivity index (χ0v) is 23.0. The van der Waals surface area contributed by atoms with E-state index in [1.54, 1.807) is 59.7 Å². The zero-order valence-electron chi connectivity index (χ0n) is 21.5. The fourth-order valence-electron chi connectivity index (χ4n) is 3.91. The van der Waals surface area contributed by atoms with E-state index >= 15 is 4.39 Å². The van der Waals surface area contributed by atoms with Crippen molar-refractivity contribution >= 4 is 29.0 Å². The van der Waals surface area contributed by atoms with Gasteiger partial charge >= 0.3 is 6.09 Å². The van der Waals surface area contributed by atoms with E-state index in [1.807, 2.05) is 0 Å². The lowest BCUT2D eigenvalue weighted by Gasteiger charge is -2.35. The topological polar surface area (TPSA) is 94.0 Å². The van der Waals surface area contributed by atoms with Gasteiger partial charge in [0.25, 0.3) is 0 Å². The molecular weight excluding hydrogens is 521 g/mol. The fourth-order valence-corrected chi connectivity index (χ4v) is 5.08. The van der Waals surface area contributed by atoms with E-state index in [0.717, 1.165) is 5.56 Å². The third-order valence-electron chi connectivity index (χ3n) is 5.72. The lowest BCUT2D eigenvalue weighted by atomic mass is 10.1. The Kier molecular flexibility index (Phi) is 7.38. The van der Waals surface area contributed by atoms with Gasteiger partial charge in [-0.3, -0.25) is 4.90 Å². The molecule has 1 fully saturated rings. The number of benzene rings is 2. The number of phenolic OH excluding ortho intramolecular Hbond substituents is 1. The number of hydrogen-bond acceptors (Lipinski definition) is 8. The maximum absolute atomic E-state index is 15.1. The van der Waals surface area contributed by atoms with E-state index in [-0.39, 0.29) is 29.7 Å². The Labute approximate surface area is 223 Å². The second-order valence-electron chi connectivity index (χ2n) is 10.2. The van der Waals surface area contributed by atoms with Crippen LogP contribution < -0.4 is 4.74 Å². The first-order valence-corrected chi connectivity index (χ1v) is 12.9. The van der Waals surface area contributed by atoms with Crippen LogP contribution in [0.5, 0.6) is 11.5 Å². The van der Waals surface area contributed by atoms with Gasteiger partial charge in [-0.1, -0.05) is 22.9 Å². The SMILES string of the molecule is Cc1cc(-c2nnc(-c3cc(F)c(OC[C@H]4COC(C)(C)N4C(=O)OC(C)(C)C)cc3Cl)s2)ccc1O. The maximum Gasteiger partial charge on any atom is 0.413 e. The highest BCUT2D eigenvalue weighted by atomic mass is 35.5. The molecule has 0 unspecified atom stereocenters.